The van der Waals surface area contributed by atoms with Gasteiger partial charge in [0.05, 0.1) is 6.54 Å². The number of carbonyl (C=O) groups excluding carboxylic acids is 1. The molecule has 0 aliphatic carbocycles. The number of hydrogen-bond donors (Lipinski definition) is 2. The normalized spacial score (nSPS) is 10.1. The van der Waals surface area contributed by atoms with E-state index in [2.05, 4.69) is 10.6 Å². The van der Waals surface area contributed by atoms with Crippen LogP contribution in [0.3, 0.4) is 0 Å². The van der Waals surface area contributed by atoms with Crippen molar-refractivity contribution in [3.63, 3.8) is 0 Å². The molecule has 2 aromatic rings. The molecule has 116 valence electrons. The molecule has 0 heterocycles. The summed E-state index contributed by atoms with van der Waals surface area (Å²) in [6.07, 6.45) is 0. The fourth-order valence-corrected chi connectivity index (χ4v) is 1.73. The molecule has 0 aliphatic heterocycles. The Bertz CT molecular complexity index is 650. The standard InChI is InChI=1S/C15H13ClF2N2O2/c16-10-1-3-11(4-2-10)20-15(21)19-7-8-22-12-5-6-13(17)14(18)9-12/h1-6,9H,7-8H2,(H2,19,20,21). The monoisotopic (exact) mass is 326 g/mol. The number of amides is 2. The van der Waals surface area contributed by atoms with Crippen LogP contribution in [0.15, 0.2) is 42.5 Å². The van der Waals surface area contributed by atoms with Crippen LogP contribution in [-0.4, -0.2) is 19.2 Å². The van der Waals surface area contributed by atoms with Gasteiger partial charge in [0.1, 0.15) is 12.4 Å². The summed E-state index contributed by atoms with van der Waals surface area (Å²) in [5, 5.41) is 5.75. The van der Waals surface area contributed by atoms with E-state index < -0.39 is 17.7 Å². The number of anilines is 1. The summed E-state index contributed by atoms with van der Waals surface area (Å²) in [6, 6.07) is 9.48. The average molecular weight is 327 g/mol. The second-order valence-electron chi connectivity index (χ2n) is 4.31. The van der Waals surface area contributed by atoms with Crippen LogP contribution in [0.2, 0.25) is 5.02 Å². The summed E-state index contributed by atoms with van der Waals surface area (Å²) < 4.78 is 30.9. The molecule has 2 aromatic carbocycles. The summed E-state index contributed by atoms with van der Waals surface area (Å²) in [4.78, 5) is 11.6. The SMILES string of the molecule is O=C(NCCOc1ccc(F)c(F)c1)Nc1ccc(Cl)cc1. The minimum absolute atomic E-state index is 0.124. The van der Waals surface area contributed by atoms with Crippen molar-refractivity contribution in [2.45, 2.75) is 0 Å². The molecular weight excluding hydrogens is 314 g/mol. The zero-order chi connectivity index (χ0) is 15.9. The van der Waals surface area contributed by atoms with Crippen LogP contribution in [0.25, 0.3) is 0 Å². The summed E-state index contributed by atoms with van der Waals surface area (Å²) in [5.41, 5.74) is 0.600. The second kappa shape index (κ2) is 7.61. The van der Waals surface area contributed by atoms with Crippen molar-refractivity contribution in [1.29, 1.82) is 0 Å². The Kier molecular flexibility index (Phi) is 5.55. The number of rotatable bonds is 5. The van der Waals surface area contributed by atoms with Crippen LogP contribution in [0.1, 0.15) is 0 Å². The predicted molar refractivity (Wildman–Crippen MR) is 80.3 cm³/mol. The van der Waals surface area contributed by atoms with Crippen LogP contribution in [0, 0.1) is 11.6 Å². The van der Waals surface area contributed by atoms with Crippen molar-refractivity contribution < 1.29 is 18.3 Å². The van der Waals surface area contributed by atoms with Gasteiger partial charge < -0.3 is 15.4 Å². The van der Waals surface area contributed by atoms with Gasteiger partial charge in [-0.2, -0.15) is 0 Å². The molecule has 0 aliphatic rings. The Hall–Kier alpha value is -2.34. The van der Waals surface area contributed by atoms with Crippen molar-refractivity contribution in [1.82, 2.24) is 5.32 Å². The lowest BCUT2D eigenvalue weighted by Gasteiger charge is -2.09. The van der Waals surface area contributed by atoms with Gasteiger partial charge in [0.15, 0.2) is 11.6 Å². The first-order valence-corrected chi connectivity index (χ1v) is 6.80. The average Bonchev–Trinajstić information content (AvgIpc) is 2.49. The van der Waals surface area contributed by atoms with Crippen LogP contribution in [0.5, 0.6) is 5.75 Å². The van der Waals surface area contributed by atoms with E-state index in [4.69, 9.17) is 16.3 Å². The summed E-state index contributed by atoms with van der Waals surface area (Å²) in [7, 11) is 0. The van der Waals surface area contributed by atoms with E-state index in [9.17, 15) is 13.6 Å². The molecule has 0 saturated heterocycles. The second-order valence-corrected chi connectivity index (χ2v) is 4.75. The maximum atomic E-state index is 12.9. The molecule has 2 rings (SSSR count). The maximum Gasteiger partial charge on any atom is 0.319 e. The molecule has 0 fully saturated rings. The lowest BCUT2D eigenvalue weighted by Crippen LogP contribution is -2.32. The first-order valence-electron chi connectivity index (χ1n) is 6.43. The van der Waals surface area contributed by atoms with E-state index >= 15 is 0 Å². The number of hydrogen-bond acceptors (Lipinski definition) is 2. The molecule has 7 heteroatoms. The highest BCUT2D eigenvalue weighted by Gasteiger charge is 2.04. The van der Waals surface area contributed by atoms with Crippen molar-refractivity contribution in [3.05, 3.63) is 59.1 Å². The molecule has 0 radical (unpaired) electrons. The molecular formula is C15H13ClF2N2O2. The molecule has 4 nitrogen and oxygen atoms in total. The van der Waals surface area contributed by atoms with Crippen molar-refractivity contribution in [3.8, 4) is 5.75 Å². The molecule has 0 bridgehead atoms. The number of ether oxygens (including phenoxy) is 1. The Morgan fingerprint density at radius 3 is 2.50 bits per heavy atom. The third kappa shape index (κ3) is 4.89. The van der Waals surface area contributed by atoms with E-state index in [0.717, 1.165) is 12.1 Å². The van der Waals surface area contributed by atoms with Gasteiger partial charge in [-0.25, -0.2) is 13.6 Å². The topological polar surface area (TPSA) is 50.4 Å². The van der Waals surface area contributed by atoms with Crippen molar-refractivity contribution in [2.75, 3.05) is 18.5 Å². The molecule has 0 atom stereocenters. The van der Waals surface area contributed by atoms with Crippen molar-refractivity contribution >= 4 is 23.3 Å². The highest BCUT2D eigenvalue weighted by atomic mass is 35.5. The van der Waals surface area contributed by atoms with Gasteiger partial charge in [0.2, 0.25) is 0 Å². The summed E-state index contributed by atoms with van der Waals surface area (Å²) in [5.74, 6) is -1.72. The smallest absolute Gasteiger partial charge is 0.319 e. The molecule has 22 heavy (non-hydrogen) atoms. The van der Waals surface area contributed by atoms with Gasteiger partial charge in [-0.3, -0.25) is 0 Å². The molecule has 0 saturated carbocycles. The number of urea groups is 1. The van der Waals surface area contributed by atoms with Crippen LogP contribution in [0.4, 0.5) is 19.3 Å². The van der Waals surface area contributed by atoms with Crippen molar-refractivity contribution in [2.24, 2.45) is 0 Å². The zero-order valence-electron chi connectivity index (χ0n) is 11.4. The van der Waals surface area contributed by atoms with Crippen LogP contribution < -0.4 is 15.4 Å². The van der Waals surface area contributed by atoms with Gasteiger partial charge in [-0.15, -0.1) is 0 Å². The van der Waals surface area contributed by atoms with E-state index in [0.29, 0.717) is 10.7 Å². The van der Waals surface area contributed by atoms with E-state index in [1.165, 1.54) is 6.07 Å². The Labute approximate surface area is 131 Å². The number of halogens is 3. The van der Waals surface area contributed by atoms with E-state index in [1.54, 1.807) is 24.3 Å². The first kappa shape index (κ1) is 16.0. The number of benzene rings is 2. The Balaban J connectivity index is 1.70. The largest absolute Gasteiger partial charge is 0.492 e. The number of nitrogens with one attached hydrogen (secondary N) is 2. The quantitative estimate of drug-likeness (QED) is 0.821. The summed E-state index contributed by atoms with van der Waals surface area (Å²) >= 11 is 5.73. The van der Waals surface area contributed by atoms with Gasteiger partial charge in [0, 0.05) is 16.8 Å². The predicted octanol–water partition coefficient (Wildman–Crippen LogP) is 3.82. The first-order chi connectivity index (χ1) is 10.5. The van der Waals surface area contributed by atoms with Gasteiger partial charge in [-0.1, -0.05) is 11.6 Å². The fraction of sp³-hybridized carbons (Fsp3) is 0.133. The van der Waals surface area contributed by atoms with E-state index in [-0.39, 0.29) is 18.9 Å². The third-order valence-electron chi connectivity index (χ3n) is 2.65. The molecule has 2 N–H and O–H groups in total. The lowest BCUT2D eigenvalue weighted by atomic mass is 10.3. The van der Waals surface area contributed by atoms with Gasteiger partial charge >= 0.3 is 6.03 Å². The lowest BCUT2D eigenvalue weighted by molar-refractivity contribution is 0.247. The Morgan fingerprint density at radius 2 is 1.82 bits per heavy atom. The maximum absolute atomic E-state index is 12.9. The highest BCUT2D eigenvalue weighted by Crippen LogP contribution is 2.15. The fourth-order valence-electron chi connectivity index (χ4n) is 1.61. The highest BCUT2D eigenvalue weighted by molar-refractivity contribution is 6.30. The van der Waals surface area contributed by atoms with Gasteiger partial charge in [0.25, 0.3) is 0 Å². The van der Waals surface area contributed by atoms with Crippen LogP contribution in [-0.2, 0) is 0 Å². The van der Waals surface area contributed by atoms with Crippen LogP contribution >= 0.6 is 11.6 Å². The van der Waals surface area contributed by atoms with E-state index in [1.807, 2.05) is 0 Å². The Morgan fingerprint density at radius 1 is 1.09 bits per heavy atom. The minimum atomic E-state index is -0.981. The van der Waals surface area contributed by atoms with Gasteiger partial charge in [-0.05, 0) is 36.4 Å². The number of carbonyl (C=O) groups is 1. The molecule has 2 amide bonds. The minimum Gasteiger partial charge on any atom is -0.492 e. The molecule has 0 unspecified atom stereocenters. The zero-order valence-corrected chi connectivity index (χ0v) is 12.2. The molecule has 0 spiro atoms. The molecule has 0 aromatic heterocycles. The third-order valence-corrected chi connectivity index (χ3v) is 2.90. The summed E-state index contributed by atoms with van der Waals surface area (Å²) in [6.45, 7) is 0.331.